The minimum absolute atomic E-state index is 0.0692. The SMILES string of the molecule is O=[N+]([O-])c1cccc(C=CC=Cc2ccc(C=CC=Cc3cccc([N+](=O)[O-])c3)cc2)c1. The molecule has 0 aliphatic heterocycles. The molecule has 0 aromatic heterocycles. The lowest BCUT2D eigenvalue weighted by Crippen LogP contribution is -1.87. The zero-order chi connectivity index (χ0) is 22.8. The fourth-order valence-corrected chi connectivity index (χ4v) is 2.87. The summed E-state index contributed by atoms with van der Waals surface area (Å²) in [5.74, 6) is 0. The molecule has 0 fully saturated rings. The number of non-ortho nitro benzene ring substituents is 2. The summed E-state index contributed by atoms with van der Waals surface area (Å²) in [5, 5.41) is 21.6. The Morgan fingerprint density at radius 3 is 1.19 bits per heavy atom. The quantitative estimate of drug-likeness (QED) is 0.222. The molecule has 0 aliphatic carbocycles. The summed E-state index contributed by atoms with van der Waals surface area (Å²) in [6.45, 7) is 0. The Labute approximate surface area is 185 Å². The van der Waals surface area contributed by atoms with E-state index < -0.39 is 9.85 Å². The minimum Gasteiger partial charge on any atom is -0.258 e. The van der Waals surface area contributed by atoms with E-state index in [2.05, 4.69) is 0 Å². The number of hydrogen-bond donors (Lipinski definition) is 0. The third kappa shape index (κ3) is 6.74. The molecule has 32 heavy (non-hydrogen) atoms. The molecule has 3 aromatic carbocycles. The van der Waals surface area contributed by atoms with Gasteiger partial charge in [-0.3, -0.25) is 20.2 Å². The molecule has 0 saturated carbocycles. The van der Waals surface area contributed by atoms with Crippen molar-refractivity contribution in [3.63, 3.8) is 0 Å². The van der Waals surface area contributed by atoms with Gasteiger partial charge in [0.2, 0.25) is 0 Å². The van der Waals surface area contributed by atoms with Gasteiger partial charge in [-0.25, -0.2) is 0 Å². The van der Waals surface area contributed by atoms with Gasteiger partial charge in [0.25, 0.3) is 11.4 Å². The van der Waals surface area contributed by atoms with Crippen molar-refractivity contribution in [1.29, 1.82) is 0 Å². The van der Waals surface area contributed by atoms with Crippen molar-refractivity contribution < 1.29 is 9.85 Å². The van der Waals surface area contributed by atoms with Crippen LogP contribution in [0.15, 0.2) is 97.1 Å². The standard InChI is InChI=1S/C26H20N2O4/c29-27(30)25-13-5-11-23(19-25)9-3-1-7-21-15-17-22(18-16-21)8-2-4-10-24-12-6-14-26(20-24)28(31)32/h1-20H. The van der Waals surface area contributed by atoms with Crippen molar-refractivity contribution in [3.8, 4) is 0 Å². The van der Waals surface area contributed by atoms with Crippen LogP contribution in [0.3, 0.4) is 0 Å². The fourth-order valence-electron chi connectivity index (χ4n) is 2.87. The summed E-state index contributed by atoms with van der Waals surface area (Å²) in [6.07, 6.45) is 15.0. The van der Waals surface area contributed by atoms with Crippen LogP contribution in [-0.2, 0) is 0 Å². The number of hydrogen-bond acceptors (Lipinski definition) is 4. The minimum atomic E-state index is -0.410. The molecule has 0 atom stereocenters. The first-order valence-electron chi connectivity index (χ1n) is 9.80. The average molecular weight is 424 g/mol. The number of rotatable bonds is 8. The van der Waals surface area contributed by atoms with Gasteiger partial charge in [-0.1, -0.05) is 97.1 Å². The van der Waals surface area contributed by atoms with Crippen LogP contribution in [0.2, 0.25) is 0 Å². The zero-order valence-corrected chi connectivity index (χ0v) is 17.1. The Morgan fingerprint density at radius 2 is 0.844 bits per heavy atom. The molecule has 0 heterocycles. The summed E-state index contributed by atoms with van der Waals surface area (Å²) in [5.41, 5.74) is 3.72. The van der Waals surface area contributed by atoms with Crippen LogP contribution < -0.4 is 0 Å². The largest absolute Gasteiger partial charge is 0.270 e. The van der Waals surface area contributed by atoms with Crippen molar-refractivity contribution in [2.75, 3.05) is 0 Å². The van der Waals surface area contributed by atoms with E-state index in [1.165, 1.54) is 24.3 Å². The van der Waals surface area contributed by atoms with E-state index >= 15 is 0 Å². The average Bonchev–Trinajstić information content (AvgIpc) is 2.81. The van der Waals surface area contributed by atoms with Crippen LogP contribution in [0.1, 0.15) is 22.3 Å². The molecule has 0 bridgehead atoms. The molecule has 6 heteroatoms. The van der Waals surface area contributed by atoms with Crippen LogP contribution in [0, 0.1) is 20.2 Å². The highest BCUT2D eigenvalue weighted by Gasteiger charge is 2.03. The maximum Gasteiger partial charge on any atom is 0.270 e. The number of benzene rings is 3. The highest BCUT2D eigenvalue weighted by atomic mass is 16.6. The third-order valence-corrected chi connectivity index (χ3v) is 4.48. The van der Waals surface area contributed by atoms with Gasteiger partial charge in [0, 0.05) is 24.3 Å². The molecular weight excluding hydrogens is 404 g/mol. The van der Waals surface area contributed by atoms with Crippen LogP contribution in [-0.4, -0.2) is 9.85 Å². The lowest BCUT2D eigenvalue weighted by atomic mass is 10.1. The molecule has 3 aromatic rings. The van der Waals surface area contributed by atoms with Gasteiger partial charge < -0.3 is 0 Å². The summed E-state index contributed by atoms with van der Waals surface area (Å²) in [6, 6.07) is 20.9. The lowest BCUT2D eigenvalue weighted by molar-refractivity contribution is -0.385. The fraction of sp³-hybridized carbons (Fsp3) is 0. The van der Waals surface area contributed by atoms with Gasteiger partial charge >= 0.3 is 0 Å². The van der Waals surface area contributed by atoms with Gasteiger partial charge in [-0.15, -0.1) is 0 Å². The first-order valence-corrected chi connectivity index (χ1v) is 9.80. The monoisotopic (exact) mass is 424 g/mol. The molecule has 158 valence electrons. The highest BCUT2D eigenvalue weighted by molar-refractivity contribution is 5.62. The molecule has 0 amide bonds. The Balaban J connectivity index is 1.55. The van der Waals surface area contributed by atoms with Gasteiger partial charge in [-0.05, 0) is 22.3 Å². The lowest BCUT2D eigenvalue weighted by Gasteiger charge is -1.96. The molecule has 6 nitrogen and oxygen atoms in total. The zero-order valence-electron chi connectivity index (χ0n) is 17.1. The van der Waals surface area contributed by atoms with E-state index in [1.807, 2.05) is 85.0 Å². The Morgan fingerprint density at radius 1 is 0.500 bits per heavy atom. The predicted molar refractivity (Wildman–Crippen MR) is 129 cm³/mol. The highest BCUT2D eigenvalue weighted by Crippen LogP contribution is 2.15. The normalized spacial score (nSPS) is 11.8. The van der Waals surface area contributed by atoms with Crippen LogP contribution in [0.25, 0.3) is 24.3 Å². The predicted octanol–water partition coefficient (Wildman–Crippen LogP) is 6.96. The Bertz CT molecular complexity index is 1130. The van der Waals surface area contributed by atoms with Crippen molar-refractivity contribution in [3.05, 3.63) is 140 Å². The maximum absolute atomic E-state index is 10.8. The van der Waals surface area contributed by atoms with Crippen LogP contribution >= 0.6 is 0 Å². The van der Waals surface area contributed by atoms with Crippen LogP contribution in [0.4, 0.5) is 11.4 Å². The van der Waals surface area contributed by atoms with Crippen molar-refractivity contribution in [1.82, 2.24) is 0 Å². The van der Waals surface area contributed by atoms with Crippen molar-refractivity contribution >= 4 is 35.7 Å². The molecule has 0 spiro atoms. The van der Waals surface area contributed by atoms with Crippen molar-refractivity contribution in [2.45, 2.75) is 0 Å². The van der Waals surface area contributed by atoms with E-state index in [0.717, 1.165) is 22.3 Å². The van der Waals surface area contributed by atoms with Gasteiger partial charge in [0.05, 0.1) is 9.85 Å². The third-order valence-electron chi connectivity index (χ3n) is 4.48. The molecule has 0 unspecified atom stereocenters. The summed E-state index contributed by atoms with van der Waals surface area (Å²) in [4.78, 5) is 20.8. The molecule has 0 N–H and O–H groups in total. The second kappa shape index (κ2) is 11.0. The number of nitro benzene ring substituents is 2. The first-order chi connectivity index (χ1) is 15.5. The molecule has 0 radical (unpaired) electrons. The van der Waals surface area contributed by atoms with E-state index in [0.29, 0.717) is 0 Å². The number of allylic oxidation sites excluding steroid dienone is 4. The second-order valence-electron chi connectivity index (χ2n) is 6.81. The van der Waals surface area contributed by atoms with E-state index in [-0.39, 0.29) is 11.4 Å². The number of nitro groups is 2. The van der Waals surface area contributed by atoms with Crippen molar-refractivity contribution in [2.24, 2.45) is 0 Å². The Hall–Kier alpha value is -4.58. The molecule has 0 saturated heterocycles. The van der Waals surface area contributed by atoms with Gasteiger partial charge in [0.15, 0.2) is 0 Å². The van der Waals surface area contributed by atoms with E-state index in [1.54, 1.807) is 12.1 Å². The Kier molecular flexibility index (Phi) is 7.59. The number of nitrogens with zero attached hydrogens (tertiary/aromatic N) is 2. The molecule has 3 rings (SSSR count). The molecular formula is C26H20N2O4. The van der Waals surface area contributed by atoms with Gasteiger partial charge in [-0.2, -0.15) is 0 Å². The maximum atomic E-state index is 10.8. The van der Waals surface area contributed by atoms with Crippen LogP contribution in [0.5, 0.6) is 0 Å². The summed E-state index contributed by atoms with van der Waals surface area (Å²) in [7, 11) is 0. The van der Waals surface area contributed by atoms with E-state index in [9.17, 15) is 20.2 Å². The smallest absolute Gasteiger partial charge is 0.258 e. The summed E-state index contributed by atoms with van der Waals surface area (Å²) < 4.78 is 0. The second-order valence-corrected chi connectivity index (χ2v) is 6.81. The topological polar surface area (TPSA) is 86.3 Å². The van der Waals surface area contributed by atoms with Gasteiger partial charge in [0.1, 0.15) is 0 Å². The first kappa shape index (κ1) is 22.1. The van der Waals surface area contributed by atoms with E-state index in [4.69, 9.17) is 0 Å². The summed E-state index contributed by atoms with van der Waals surface area (Å²) >= 11 is 0. The molecule has 0 aliphatic rings.